The Bertz CT molecular complexity index is 139. The van der Waals surface area contributed by atoms with Crippen LogP contribution in [-0.4, -0.2) is 38.1 Å². The number of nitrogens with one attached hydrogen (secondary N) is 1. The van der Waals surface area contributed by atoms with E-state index in [1.165, 1.54) is 45.2 Å². The summed E-state index contributed by atoms with van der Waals surface area (Å²) in [6, 6.07) is 0.679. The van der Waals surface area contributed by atoms with Crippen molar-refractivity contribution >= 4 is 0 Å². The van der Waals surface area contributed by atoms with Gasteiger partial charge < -0.3 is 10.2 Å². The molecule has 1 aliphatic carbocycles. The van der Waals surface area contributed by atoms with Gasteiger partial charge in [-0.3, -0.25) is 0 Å². The molecular formula is C12H26N2. The van der Waals surface area contributed by atoms with Crippen LogP contribution in [-0.2, 0) is 0 Å². The third-order valence-electron chi connectivity index (χ3n) is 3.24. The van der Waals surface area contributed by atoms with Gasteiger partial charge in [0, 0.05) is 6.04 Å². The zero-order valence-electron chi connectivity index (χ0n) is 10.1. The molecule has 1 rings (SSSR count). The van der Waals surface area contributed by atoms with Gasteiger partial charge in [0.05, 0.1) is 0 Å². The third-order valence-corrected chi connectivity index (χ3v) is 3.24. The highest BCUT2D eigenvalue weighted by Gasteiger charge is 2.15. The molecule has 0 bridgehead atoms. The van der Waals surface area contributed by atoms with Crippen LogP contribution in [0.5, 0.6) is 0 Å². The Hall–Kier alpha value is -0.0800. The van der Waals surface area contributed by atoms with E-state index in [0.29, 0.717) is 6.04 Å². The van der Waals surface area contributed by atoms with Gasteiger partial charge in [-0.05, 0) is 59.3 Å². The summed E-state index contributed by atoms with van der Waals surface area (Å²) in [5.74, 6) is 0.969. The molecule has 1 aliphatic rings. The van der Waals surface area contributed by atoms with Crippen molar-refractivity contribution in [2.45, 2.75) is 45.1 Å². The summed E-state index contributed by atoms with van der Waals surface area (Å²) in [7, 11) is 4.29. The molecule has 84 valence electrons. The van der Waals surface area contributed by atoms with Gasteiger partial charge >= 0.3 is 0 Å². The van der Waals surface area contributed by atoms with Crippen molar-refractivity contribution in [2.24, 2.45) is 5.92 Å². The SMILES string of the molecule is CC(CCN(C)C)NCC1CCCC1. The average Bonchev–Trinajstić information content (AvgIpc) is 2.63. The van der Waals surface area contributed by atoms with E-state index in [0.717, 1.165) is 5.92 Å². The predicted octanol–water partition coefficient (Wildman–Crippen LogP) is 2.11. The Morgan fingerprint density at radius 2 is 1.93 bits per heavy atom. The summed E-state index contributed by atoms with van der Waals surface area (Å²) in [6.45, 7) is 4.74. The second kappa shape index (κ2) is 6.41. The third kappa shape index (κ3) is 4.97. The van der Waals surface area contributed by atoms with Crippen molar-refractivity contribution < 1.29 is 0 Å². The molecule has 0 aromatic carbocycles. The predicted molar refractivity (Wildman–Crippen MR) is 62.6 cm³/mol. The lowest BCUT2D eigenvalue weighted by molar-refractivity contribution is 0.354. The van der Waals surface area contributed by atoms with Crippen LogP contribution in [0, 0.1) is 5.92 Å². The molecule has 14 heavy (non-hydrogen) atoms. The molecule has 0 heterocycles. The molecule has 1 fully saturated rings. The van der Waals surface area contributed by atoms with Crippen LogP contribution in [0.2, 0.25) is 0 Å². The number of hydrogen-bond donors (Lipinski definition) is 1. The zero-order chi connectivity index (χ0) is 10.4. The monoisotopic (exact) mass is 198 g/mol. The summed E-state index contributed by atoms with van der Waals surface area (Å²) in [6.07, 6.45) is 7.08. The van der Waals surface area contributed by atoms with Crippen molar-refractivity contribution in [2.75, 3.05) is 27.2 Å². The van der Waals surface area contributed by atoms with E-state index in [2.05, 4.69) is 31.2 Å². The maximum Gasteiger partial charge on any atom is 0.00510 e. The van der Waals surface area contributed by atoms with Crippen molar-refractivity contribution in [3.63, 3.8) is 0 Å². The number of hydrogen-bond acceptors (Lipinski definition) is 2. The Kier molecular flexibility index (Phi) is 5.49. The quantitative estimate of drug-likeness (QED) is 0.703. The highest BCUT2D eigenvalue weighted by molar-refractivity contribution is 4.72. The molecule has 0 aliphatic heterocycles. The van der Waals surface area contributed by atoms with Gasteiger partial charge in [0.2, 0.25) is 0 Å². The van der Waals surface area contributed by atoms with E-state index in [-0.39, 0.29) is 0 Å². The summed E-state index contributed by atoms with van der Waals surface area (Å²) in [5, 5.41) is 3.65. The lowest BCUT2D eigenvalue weighted by atomic mass is 10.1. The van der Waals surface area contributed by atoms with Gasteiger partial charge in [-0.15, -0.1) is 0 Å². The first-order chi connectivity index (χ1) is 6.68. The van der Waals surface area contributed by atoms with Crippen molar-refractivity contribution in [1.82, 2.24) is 10.2 Å². The van der Waals surface area contributed by atoms with Crippen LogP contribution >= 0.6 is 0 Å². The van der Waals surface area contributed by atoms with Gasteiger partial charge in [-0.1, -0.05) is 12.8 Å². The first kappa shape index (κ1) is 12.0. The van der Waals surface area contributed by atoms with E-state index in [9.17, 15) is 0 Å². The molecule has 0 aromatic rings. The zero-order valence-corrected chi connectivity index (χ0v) is 10.1. The topological polar surface area (TPSA) is 15.3 Å². The summed E-state index contributed by atoms with van der Waals surface area (Å²) >= 11 is 0. The molecule has 1 atom stereocenters. The first-order valence-electron chi connectivity index (χ1n) is 6.06. The second-order valence-electron chi connectivity index (χ2n) is 5.05. The van der Waals surface area contributed by atoms with E-state index < -0.39 is 0 Å². The molecule has 0 radical (unpaired) electrons. The molecule has 0 spiro atoms. The number of nitrogens with zero attached hydrogens (tertiary/aromatic N) is 1. The molecule has 0 aromatic heterocycles. The smallest absolute Gasteiger partial charge is 0.00510 e. The average molecular weight is 198 g/mol. The van der Waals surface area contributed by atoms with E-state index in [1.807, 2.05) is 0 Å². The second-order valence-corrected chi connectivity index (χ2v) is 5.05. The Morgan fingerprint density at radius 3 is 2.50 bits per heavy atom. The van der Waals surface area contributed by atoms with Gasteiger partial charge in [0.15, 0.2) is 0 Å². The first-order valence-corrected chi connectivity index (χ1v) is 6.06. The van der Waals surface area contributed by atoms with Crippen LogP contribution in [0.15, 0.2) is 0 Å². The normalized spacial score (nSPS) is 20.6. The molecule has 1 saturated carbocycles. The molecule has 0 amide bonds. The summed E-state index contributed by atoms with van der Waals surface area (Å²) < 4.78 is 0. The van der Waals surface area contributed by atoms with Crippen molar-refractivity contribution in [1.29, 1.82) is 0 Å². The van der Waals surface area contributed by atoms with E-state index in [1.54, 1.807) is 0 Å². The highest BCUT2D eigenvalue weighted by atomic mass is 15.1. The minimum Gasteiger partial charge on any atom is -0.314 e. The highest BCUT2D eigenvalue weighted by Crippen LogP contribution is 2.23. The molecule has 0 saturated heterocycles. The Morgan fingerprint density at radius 1 is 1.29 bits per heavy atom. The van der Waals surface area contributed by atoms with Gasteiger partial charge in [-0.2, -0.15) is 0 Å². The molecule has 2 heteroatoms. The lowest BCUT2D eigenvalue weighted by Crippen LogP contribution is -2.32. The molecule has 1 unspecified atom stereocenters. The Balaban J connectivity index is 1.99. The summed E-state index contributed by atoms with van der Waals surface area (Å²) in [4.78, 5) is 2.26. The van der Waals surface area contributed by atoms with Crippen LogP contribution in [0.25, 0.3) is 0 Å². The van der Waals surface area contributed by atoms with Crippen LogP contribution in [0.4, 0.5) is 0 Å². The Labute approximate surface area is 89.1 Å². The summed E-state index contributed by atoms with van der Waals surface area (Å²) in [5.41, 5.74) is 0. The van der Waals surface area contributed by atoms with Crippen molar-refractivity contribution in [3.8, 4) is 0 Å². The van der Waals surface area contributed by atoms with E-state index in [4.69, 9.17) is 0 Å². The molecule has 1 N–H and O–H groups in total. The fourth-order valence-electron chi connectivity index (χ4n) is 2.14. The maximum atomic E-state index is 3.65. The van der Waals surface area contributed by atoms with Crippen molar-refractivity contribution in [3.05, 3.63) is 0 Å². The van der Waals surface area contributed by atoms with E-state index >= 15 is 0 Å². The molecular weight excluding hydrogens is 172 g/mol. The van der Waals surface area contributed by atoms with Crippen LogP contribution in [0.1, 0.15) is 39.0 Å². The maximum absolute atomic E-state index is 3.65. The molecule has 2 nitrogen and oxygen atoms in total. The minimum absolute atomic E-state index is 0.679. The fourth-order valence-corrected chi connectivity index (χ4v) is 2.14. The van der Waals surface area contributed by atoms with Gasteiger partial charge in [0.25, 0.3) is 0 Å². The number of rotatable bonds is 6. The van der Waals surface area contributed by atoms with Gasteiger partial charge in [0.1, 0.15) is 0 Å². The lowest BCUT2D eigenvalue weighted by Gasteiger charge is -2.18. The fraction of sp³-hybridized carbons (Fsp3) is 1.00. The van der Waals surface area contributed by atoms with Gasteiger partial charge in [-0.25, -0.2) is 0 Å². The minimum atomic E-state index is 0.679. The van der Waals surface area contributed by atoms with Crippen LogP contribution in [0.3, 0.4) is 0 Å². The largest absolute Gasteiger partial charge is 0.314 e. The standard InChI is InChI=1S/C12H26N2/c1-11(8-9-14(2)3)13-10-12-6-4-5-7-12/h11-13H,4-10H2,1-3H3. The van der Waals surface area contributed by atoms with Crippen LogP contribution < -0.4 is 5.32 Å².